The molecule has 0 aliphatic carbocycles. The van der Waals surface area contributed by atoms with Crippen LogP contribution >= 0.6 is 0 Å². The minimum absolute atomic E-state index is 0.565. The molecule has 0 heterocycles. The second-order valence-corrected chi connectivity index (χ2v) is 8.07. The van der Waals surface area contributed by atoms with Crippen molar-refractivity contribution in [1.29, 1.82) is 0 Å². The van der Waals surface area contributed by atoms with Crippen LogP contribution in [0.2, 0.25) is 11.6 Å². The third kappa shape index (κ3) is 3.35. The van der Waals surface area contributed by atoms with E-state index in [-0.39, 0.29) is 0 Å². The molecule has 14 heavy (non-hydrogen) atoms. The van der Waals surface area contributed by atoms with Gasteiger partial charge in [-0.05, 0) is 0 Å². The first-order chi connectivity index (χ1) is 6.39. The molecule has 78 valence electrons. The number of hydrogen-bond acceptors (Lipinski definition) is 0. The summed E-state index contributed by atoms with van der Waals surface area (Å²) >= 11 is -0.616. The van der Waals surface area contributed by atoms with Crippen LogP contribution in [0.1, 0.15) is 11.1 Å². The van der Waals surface area contributed by atoms with E-state index >= 15 is 0 Å². The summed E-state index contributed by atoms with van der Waals surface area (Å²) in [4.78, 5) is 0. The predicted molar refractivity (Wildman–Crippen MR) is 52.6 cm³/mol. The molecule has 0 aliphatic heterocycles. The zero-order valence-electron chi connectivity index (χ0n) is 8.06. The zero-order chi connectivity index (χ0) is 10.8. The maximum absolute atomic E-state index is 12.2. The summed E-state index contributed by atoms with van der Waals surface area (Å²) in [7, 11) is 0. The van der Waals surface area contributed by atoms with Crippen molar-refractivity contribution in [2.24, 2.45) is 0 Å². The molecule has 0 unspecified atom stereocenters. The molecule has 1 aromatic rings. The van der Waals surface area contributed by atoms with Crippen LogP contribution in [0.15, 0.2) is 24.3 Å². The first-order valence-electron chi connectivity index (χ1n) is 4.10. The number of halogens is 3. The van der Waals surface area contributed by atoms with Crippen LogP contribution in [-0.2, 0) is 11.5 Å². The summed E-state index contributed by atoms with van der Waals surface area (Å²) in [5.41, 5.74) is 0.443. The summed E-state index contributed by atoms with van der Waals surface area (Å²) < 4.78 is 36.6. The van der Waals surface area contributed by atoms with E-state index in [0.29, 0.717) is 0 Å². The molecule has 1 aromatic carbocycles. The molecule has 0 aliphatic rings. The van der Waals surface area contributed by atoms with Crippen LogP contribution in [0.4, 0.5) is 13.2 Å². The Kier molecular flexibility index (Phi) is 3.62. The summed E-state index contributed by atoms with van der Waals surface area (Å²) in [6, 6.07) is 5.46. The average Bonchev–Trinajstić information content (AvgIpc) is 2.02. The van der Waals surface area contributed by atoms with Gasteiger partial charge in [0.05, 0.1) is 0 Å². The van der Waals surface area contributed by atoms with Gasteiger partial charge in [0.2, 0.25) is 0 Å². The molecule has 0 saturated carbocycles. The van der Waals surface area contributed by atoms with Gasteiger partial charge in [0.15, 0.2) is 0 Å². The van der Waals surface area contributed by atoms with E-state index in [1.807, 2.05) is 0 Å². The van der Waals surface area contributed by atoms with Crippen molar-refractivity contribution in [3.05, 3.63) is 35.4 Å². The Balaban J connectivity index is 2.79. The molecule has 0 fully saturated rings. The second kappa shape index (κ2) is 4.37. The van der Waals surface area contributed by atoms with E-state index in [1.54, 1.807) is 12.1 Å². The van der Waals surface area contributed by atoms with Crippen molar-refractivity contribution in [3.8, 4) is 0 Å². The van der Waals surface area contributed by atoms with E-state index < -0.39 is 25.6 Å². The first-order valence-corrected chi connectivity index (χ1v) is 8.73. The molecule has 0 bridgehead atoms. The van der Waals surface area contributed by atoms with Crippen LogP contribution in [0.5, 0.6) is 0 Å². The zero-order valence-corrected chi connectivity index (χ0v) is 9.77. The summed E-state index contributed by atoms with van der Waals surface area (Å²) in [6.45, 7) is 0. The molecular weight excluding hydrogens is 256 g/mol. The van der Waals surface area contributed by atoms with Crippen molar-refractivity contribution < 1.29 is 13.2 Å². The Labute approximate surface area is 86.0 Å². The fraction of sp³-hybridized carbons (Fsp3) is 0.400. The van der Waals surface area contributed by atoms with Gasteiger partial charge >= 0.3 is 85.6 Å². The van der Waals surface area contributed by atoms with Crippen LogP contribution in [0.25, 0.3) is 0 Å². The van der Waals surface area contributed by atoms with Gasteiger partial charge in [-0.25, -0.2) is 0 Å². The van der Waals surface area contributed by atoms with Gasteiger partial charge in [-0.1, -0.05) is 0 Å². The minimum atomic E-state index is -4.22. The third-order valence-electron chi connectivity index (χ3n) is 1.74. The number of hydrogen-bond donors (Lipinski definition) is 0. The summed E-state index contributed by atoms with van der Waals surface area (Å²) in [6.07, 6.45) is -4.22. The van der Waals surface area contributed by atoms with Crippen LogP contribution in [0, 0.1) is 0 Å². The van der Waals surface area contributed by atoms with Crippen LogP contribution in [-0.4, -0.2) is 13.9 Å². The van der Waals surface area contributed by atoms with Gasteiger partial charge in [-0.15, -0.1) is 0 Å². The van der Waals surface area contributed by atoms with Crippen LogP contribution < -0.4 is 0 Å². The Morgan fingerprint density at radius 2 is 1.57 bits per heavy atom. The fourth-order valence-corrected chi connectivity index (χ4v) is 2.93. The molecule has 4 heteroatoms. The molecule has 0 nitrogen and oxygen atoms in total. The van der Waals surface area contributed by atoms with Gasteiger partial charge in [0.1, 0.15) is 0 Å². The SMILES string of the molecule is C[Se+](C)Cc1ccc(C(F)(F)F)cc1. The number of alkyl halides is 3. The Morgan fingerprint density at radius 3 is 1.93 bits per heavy atom. The molecule has 0 radical (unpaired) electrons. The summed E-state index contributed by atoms with van der Waals surface area (Å²) in [5.74, 6) is 4.33. The molecule has 0 spiro atoms. The Morgan fingerprint density at radius 1 is 1.07 bits per heavy atom. The standard InChI is InChI=1S/C10H12F3Se/c1-14(2)7-8-3-5-9(6-4-8)10(11,12)13/h3-6H,7H2,1-2H3/q+1. The quantitative estimate of drug-likeness (QED) is 0.720. The molecule has 0 amide bonds. The van der Waals surface area contributed by atoms with Crippen molar-refractivity contribution in [3.63, 3.8) is 0 Å². The predicted octanol–water partition coefficient (Wildman–Crippen LogP) is 3.54. The molecular formula is C10H12F3Se+. The monoisotopic (exact) mass is 269 g/mol. The maximum atomic E-state index is 12.2. The van der Waals surface area contributed by atoms with E-state index in [2.05, 4.69) is 11.6 Å². The Bertz CT molecular complexity index is 287. The molecule has 0 saturated heterocycles. The normalized spacial score (nSPS) is 12.1. The average molecular weight is 268 g/mol. The van der Waals surface area contributed by atoms with E-state index in [0.717, 1.165) is 23.0 Å². The first kappa shape index (κ1) is 11.6. The molecule has 0 atom stereocenters. The van der Waals surface area contributed by atoms with E-state index in [4.69, 9.17) is 0 Å². The fourth-order valence-electron chi connectivity index (χ4n) is 1.12. The van der Waals surface area contributed by atoms with E-state index in [1.165, 1.54) is 0 Å². The second-order valence-electron chi connectivity index (χ2n) is 3.32. The van der Waals surface area contributed by atoms with Crippen molar-refractivity contribution in [1.82, 2.24) is 0 Å². The van der Waals surface area contributed by atoms with Gasteiger partial charge < -0.3 is 0 Å². The topological polar surface area (TPSA) is 0 Å². The van der Waals surface area contributed by atoms with Gasteiger partial charge in [-0.3, -0.25) is 0 Å². The van der Waals surface area contributed by atoms with Crippen LogP contribution in [0.3, 0.4) is 0 Å². The number of benzene rings is 1. The third-order valence-corrected chi connectivity index (χ3v) is 3.65. The van der Waals surface area contributed by atoms with Gasteiger partial charge in [0, 0.05) is 0 Å². The van der Waals surface area contributed by atoms with Gasteiger partial charge in [-0.2, -0.15) is 0 Å². The van der Waals surface area contributed by atoms with Crippen molar-refractivity contribution in [2.45, 2.75) is 23.1 Å². The van der Waals surface area contributed by atoms with Crippen molar-refractivity contribution in [2.75, 3.05) is 0 Å². The Hall–Kier alpha value is -0.471. The van der Waals surface area contributed by atoms with Gasteiger partial charge in [0.25, 0.3) is 0 Å². The number of rotatable bonds is 2. The van der Waals surface area contributed by atoms with Crippen molar-refractivity contribution >= 4 is 13.9 Å². The van der Waals surface area contributed by atoms with E-state index in [9.17, 15) is 13.2 Å². The molecule has 0 aromatic heterocycles. The summed E-state index contributed by atoms with van der Waals surface area (Å²) in [5, 5.41) is 0.943. The molecule has 1 rings (SSSR count). The molecule has 0 N–H and O–H groups in total.